The second-order valence-corrected chi connectivity index (χ2v) is 5.51. The normalized spacial score (nSPS) is 23.9. The minimum Gasteiger partial charge on any atom is -0.469 e. The molecule has 2 unspecified atom stereocenters. The number of hydrogen-bond acceptors (Lipinski definition) is 5. The van der Waals surface area contributed by atoms with Crippen molar-refractivity contribution in [1.82, 2.24) is 15.5 Å². The molecule has 1 aliphatic carbocycles. The van der Waals surface area contributed by atoms with Gasteiger partial charge in [-0.15, -0.1) is 10.2 Å². The zero-order valence-electron chi connectivity index (χ0n) is 10.3. The van der Waals surface area contributed by atoms with Crippen molar-refractivity contribution >= 4 is 11.3 Å². The monoisotopic (exact) mass is 253 g/mol. The van der Waals surface area contributed by atoms with Crippen LogP contribution in [0.5, 0.6) is 5.19 Å². The topological polar surface area (TPSA) is 47.0 Å². The Bertz CT molecular complexity index is 378. The molecule has 0 radical (unpaired) electrons. The maximum atomic E-state index is 5.73. The number of nitrogens with one attached hydrogen (secondary N) is 1. The van der Waals surface area contributed by atoms with Crippen molar-refractivity contribution in [1.29, 1.82) is 0 Å². The van der Waals surface area contributed by atoms with Gasteiger partial charge in [0.05, 0.1) is 6.61 Å². The van der Waals surface area contributed by atoms with E-state index in [1.165, 1.54) is 11.3 Å². The van der Waals surface area contributed by atoms with Crippen molar-refractivity contribution < 1.29 is 4.74 Å². The molecule has 1 aromatic rings. The molecule has 2 atom stereocenters. The van der Waals surface area contributed by atoms with E-state index in [9.17, 15) is 0 Å². The summed E-state index contributed by atoms with van der Waals surface area (Å²) in [6.45, 7) is 3.79. The highest BCUT2D eigenvalue weighted by atomic mass is 32.1. The van der Waals surface area contributed by atoms with E-state index >= 15 is 0 Å². The smallest absolute Gasteiger partial charge is 0.294 e. The Morgan fingerprint density at radius 2 is 2.24 bits per heavy atom. The Hall–Kier alpha value is -0.940. The highest BCUT2D eigenvalue weighted by Crippen LogP contribution is 2.26. The number of nitrogens with zero attached hydrogens (tertiary/aromatic N) is 2. The fraction of sp³-hybridized carbons (Fsp3) is 0.667. The Labute approximate surface area is 106 Å². The molecule has 0 aliphatic heterocycles. The van der Waals surface area contributed by atoms with Crippen molar-refractivity contribution in [3.05, 3.63) is 17.2 Å². The van der Waals surface area contributed by atoms with E-state index in [0.29, 0.717) is 17.0 Å². The molecular formula is C12H19N3OS. The summed E-state index contributed by atoms with van der Waals surface area (Å²) in [7, 11) is 1.90. The molecule has 17 heavy (non-hydrogen) atoms. The largest absolute Gasteiger partial charge is 0.469 e. The van der Waals surface area contributed by atoms with Crippen LogP contribution >= 0.6 is 11.3 Å². The molecule has 1 aliphatic rings. The van der Waals surface area contributed by atoms with Crippen LogP contribution in [0.4, 0.5) is 0 Å². The van der Waals surface area contributed by atoms with Crippen LogP contribution in [0.15, 0.2) is 12.2 Å². The molecule has 0 amide bonds. The second kappa shape index (κ2) is 6.12. The van der Waals surface area contributed by atoms with E-state index in [2.05, 4.69) is 34.6 Å². The zero-order chi connectivity index (χ0) is 12.1. The second-order valence-electron chi connectivity index (χ2n) is 4.48. The molecule has 5 heteroatoms. The van der Waals surface area contributed by atoms with E-state index in [0.717, 1.165) is 31.0 Å². The lowest BCUT2D eigenvalue weighted by atomic mass is 9.85. The molecule has 0 bridgehead atoms. The first-order valence-corrected chi connectivity index (χ1v) is 6.86. The summed E-state index contributed by atoms with van der Waals surface area (Å²) in [6.07, 6.45) is 6.79. The third-order valence-electron chi connectivity index (χ3n) is 3.12. The fourth-order valence-electron chi connectivity index (χ4n) is 1.94. The number of rotatable bonds is 5. The van der Waals surface area contributed by atoms with E-state index in [1.54, 1.807) is 0 Å². The van der Waals surface area contributed by atoms with Gasteiger partial charge in [0.2, 0.25) is 0 Å². The van der Waals surface area contributed by atoms with Crippen LogP contribution in [-0.4, -0.2) is 23.9 Å². The SMILES string of the molecule is CNCc1nnc(OCC2CC=CCC2C)s1. The van der Waals surface area contributed by atoms with E-state index < -0.39 is 0 Å². The molecule has 1 aromatic heterocycles. The average molecular weight is 253 g/mol. The van der Waals surface area contributed by atoms with Gasteiger partial charge in [0.15, 0.2) is 0 Å². The summed E-state index contributed by atoms with van der Waals surface area (Å²) < 4.78 is 5.73. The van der Waals surface area contributed by atoms with Crippen LogP contribution in [0.2, 0.25) is 0 Å². The van der Waals surface area contributed by atoms with Gasteiger partial charge in [0, 0.05) is 6.54 Å². The standard InChI is InChI=1S/C12H19N3OS/c1-9-5-3-4-6-10(9)8-16-12-15-14-11(17-12)7-13-2/h3-4,9-10,13H,5-8H2,1-2H3. The quantitative estimate of drug-likeness (QED) is 0.818. The molecule has 0 spiro atoms. The maximum Gasteiger partial charge on any atom is 0.294 e. The van der Waals surface area contributed by atoms with E-state index in [1.807, 2.05) is 7.05 Å². The Morgan fingerprint density at radius 3 is 3.00 bits per heavy atom. The Morgan fingerprint density at radius 1 is 1.41 bits per heavy atom. The number of aromatic nitrogens is 2. The lowest BCUT2D eigenvalue weighted by Crippen LogP contribution is -2.21. The molecule has 2 rings (SSSR count). The summed E-state index contributed by atoms with van der Waals surface area (Å²) in [6, 6.07) is 0. The molecule has 0 saturated carbocycles. The predicted molar refractivity (Wildman–Crippen MR) is 69.2 cm³/mol. The molecule has 1 N–H and O–H groups in total. The molecule has 0 fully saturated rings. The maximum absolute atomic E-state index is 5.73. The van der Waals surface area contributed by atoms with Gasteiger partial charge in [-0.1, -0.05) is 30.4 Å². The minimum atomic E-state index is 0.608. The van der Waals surface area contributed by atoms with E-state index in [4.69, 9.17) is 4.74 Å². The summed E-state index contributed by atoms with van der Waals surface area (Å²) in [5.41, 5.74) is 0. The molecular weight excluding hydrogens is 234 g/mol. The Balaban J connectivity index is 1.82. The first-order chi connectivity index (χ1) is 8.29. The van der Waals surface area contributed by atoms with Crippen molar-refractivity contribution in [3.63, 3.8) is 0 Å². The summed E-state index contributed by atoms with van der Waals surface area (Å²) in [5.74, 6) is 1.31. The summed E-state index contributed by atoms with van der Waals surface area (Å²) in [5, 5.41) is 12.8. The Kier molecular flexibility index (Phi) is 4.50. The van der Waals surface area contributed by atoms with Gasteiger partial charge in [-0.3, -0.25) is 0 Å². The van der Waals surface area contributed by atoms with Gasteiger partial charge < -0.3 is 10.1 Å². The first-order valence-electron chi connectivity index (χ1n) is 6.04. The lowest BCUT2D eigenvalue weighted by Gasteiger charge is -2.24. The van der Waals surface area contributed by atoms with Crippen LogP contribution in [-0.2, 0) is 6.54 Å². The lowest BCUT2D eigenvalue weighted by molar-refractivity contribution is 0.197. The third kappa shape index (κ3) is 3.51. The molecule has 4 nitrogen and oxygen atoms in total. The van der Waals surface area contributed by atoms with Crippen LogP contribution in [0.25, 0.3) is 0 Å². The molecule has 0 aromatic carbocycles. The zero-order valence-corrected chi connectivity index (χ0v) is 11.2. The van der Waals surface area contributed by atoms with Gasteiger partial charge in [-0.2, -0.15) is 0 Å². The number of ether oxygens (including phenoxy) is 1. The summed E-state index contributed by atoms with van der Waals surface area (Å²) in [4.78, 5) is 0. The van der Waals surface area contributed by atoms with Gasteiger partial charge in [0.25, 0.3) is 5.19 Å². The first kappa shape index (κ1) is 12.5. The van der Waals surface area contributed by atoms with Crippen LogP contribution in [0, 0.1) is 11.8 Å². The third-order valence-corrected chi connectivity index (χ3v) is 3.95. The van der Waals surface area contributed by atoms with Crippen molar-refractivity contribution in [2.75, 3.05) is 13.7 Å². The van der Waals surface area contributed by atoms with Gasteiger partial charge in [-0.25, -0.2) is 0 Å². The van der Waals surface area contributed by atoms with Crippen LogP contribution in [0.1, 0.15) is 24.8 Å². The summed E-state index contributed by atoms with van der Waals surface area (Å²) >= 11 is 1.52. The van der Waals surface area contributed by atoms with Gasteiger partial charge in [0.1, 0.15) is 5.01 Å². The van der Waals surface area contributed by atoms with E-state index in [-0.39, 0.29) is 0 Å². The van der Waals surface area contributed by atoms with Gasteiger partial charge >= 0.3 is 0 Å². The van der Waals surface area contributed by atoms with Crippen LogP contribution < -0.4 is 10.1 Å². The predicted octanol–water partition coefficient (Wildman–Crippen LogP) is 2.24. The van der Waals surface area contributed by atoms with Crippen molar-refractivity contribution in [3.8, 4) is 5.19 Å². The molecule has 0 saturated heterocycles. The highest BCUT2D eigenvalue weighted by Gasteiger charge is 2.19. The van der Waals surface area contributed by atoms with Crippen LogP contribution in [0.3, 0.4) is 0 Å². The fourth-order valence-corrected chi connectivity index (χ4v) is 2.64. The van der Waals surface area contributed by atoms with Crippen molar-refractivity contribution in [2.24, 2.45) is 11.8 Å². The number of hydrogen-bond donors (Lipinski definition) is 1. The average Bonchev–Trinajstić information content (AvgIpc) is 2.76. The minimum absolute atomic E-state index is 0.608. The number of allylic oxidation sites excluding steroid dienone is 2. The van der Waals surface area contributed by atoms with Gasteiger partial charge in [-0.05, 0) is 31.7 Å². The van der Waals surface area contributed by atoms with Crippen molar-refractivity contribution in [2.45, 2.75) is 26.3 Å². The molecule has 94 valence electrons. The highest BCUT2D eigenvalue weighted by molar-refractivity contribution is 7.13. The molecule has 1 heterocycles.